The van der Waals surface area contributed by atoms with E-state index >= 15 is 0 Å². The molecule has 6 atom stereocenters. The summed E-state index contributed by atoms with van der Waals surface area (Å²) in [6, 6.07) is 0. The molecule has 0 amide bonds. The van der Waals surface area contributed by atoms with Crippen molar-refractivity contribution in [1.82, 2.24) is 0 Å². The van der Waals surface area contributed by atoms with E-state index < -0.39 is 0 Å². The van der Waals surface area contributed by atoms with Crippen molar-refractivity contribution in [2.24, 2.45) is 35.5 Å². The third-order valence-electron chi connectivity index (χ3n) is 5.75. The summed E-state index contributed by atoms with van der Waals surface area (Å²) in [5.74, 6) is 4.93. The molecule has 3 aliphatic rings. The Hall–Kier alpha value is -0.370. The smallest absolute Gasteiger partial charge is 0.120 e. The Kier molecular flexibility index (Phi) is 2.78. The minimum Gasteiger partial charge on any atom is -0.396 e. The van der Waals surface area contributed by atoms with Gasteiger partial charge in [0.2, 0.25) is 0 Å². The number of fused-ring (bicyclic) bond motifs is 5. The van der Waals surface area contributed by atoms with Gasteiger partial charge in [-0.1, -0.05) is 0 Å². The van der Waals surface area contributed by atoms with Crippen LogP contribution in [0.2, 0.25) is 0 Å². The lowest BCUT2D eigenvalue weighted by Crippen LogP contribution is -2.22. The second-order valence-electron chi connectivity index (χ2n) is 6.06. The van der Waals surface area contributed by atoms with Gasteiger partial charge in [-0.2, -0.15) is 0 Å². The number of aliphatic hydroxyl groups excluding tert-OH is 1. The predicted molar refractivity (Wildman–Crippen MR) is 61.8 cm³/mol. The summed E-state index contributed by atoms with van der Waals surface area (Å²) in [4.78, 5) is 10.7. The molecule has 0 aromatic heterocycles. The molecular formula is C14H22O2. The zero-order valence-electron chi connectivity index (χ0n) is 9.85. The van der Waals surface area contributed by atoms with Gasteiger partial charge in [-0.25, -0.2) is 0 Å². The summed E-state index contributed by atoms with van der Waals surface area (Å²) in [6.07, 6.45) is 8.32. The Balaban J connectivity index is 1.77. The molecule has 0 heterocycles. The summed E-state index contributed by atoms with van der Waals surface area (Å²) in [5.41, 5.74) is 0. The first-order valence-corrected chi connectivity index (χ1v) is 6.91. The highest BCUT2D eigenvalue weighted by atomic mass is 16.3. The molecule has 0 aromatic rings. The second-order valence-corrected chi connectivity index (χ2v) is 6.06. The maximum atomic E-state index is 10.7. The first-order valence-electron chi connectivity index (χ1n) is 6.91. The second kappa shape index (κ2) is 4.14. The van der Waals surface area contributed by atoms with E-state index in [1.807, 2.05) is 0 Å². The van der Waals surface area contributed by atoms with Crippen molar-refractivity contribution in [2.45, 2.75) is 38.5 Å². The molecule has 0 radical (unpaired) electrons. The fourth-order valence-electron chi connectivity index (χ4n) is 5.42. The summed E-state index contributed by atoms with van der Waals surface area (Å²) >= 11 is 0. The standard InChI is InChI=1S/C14H22O2/c15-7-5-9-1-2-12-10-3-4-13(14(9)12)11(10)6-8-16/h7,9-14,16H,1-6,8H2. The predicted octanol–water partition coefficient (Wildman–Crippen LogP) is 2.26. The van der Waals surface area contributed by atoms with Crippen molar-refractivity contribution in [2.75, 3.05) is 6.61 Å². The highest BCUT2D eigenvalue weighted by Gasteiger charge is 2.57. The molecule has 6 unspecified atom stereocenters. The molecule has 3 fully saturated rings. The van der Waals surface area contributed by atoms with E-state index in [0.717, 1.165) is 48.7 Å². The largest absolute Gasteiger partial charge is 0.396 e. The van der Waals surface area contributed by atoms with E-state index in [2.05, 4.69) is 0 Å². The van der Waals surface area contributed by atoms with Crippen LogP contribution in [0, 0.1) is 35.5 Å². The number of carbonyl (C=O) groups excluding carboxylic acids is 1. The highest BCUT2D eigenvalue weighted by molar-refractivity contribution is 5.50. The molecule has 0 saturated heterocycles. The molecule has 0 spiro atoms. The molecule has 0 aromatic carbocycles. The van der Waals surface area contributed by atoms with Gasteiger partial charge in [0.05, 0.1) is 0 Å². The lowest BCUT2D eigenvalue weighted by atomic mass is 9.77. The van der Waals surface area contributed by atoms with E-state index in [1.54, 1.807) is 0 Å². The number of aliphatic hydroxyl groups is 1. The van der Waals surface area contributed by atoms with Crippen molar-refractivity contribution in [3.8, 4) is 0 Å². The maximum Gasteiger partial charge on any atom is 0.120 e. The third-order valence-corrected chi connectivity index (χ3v) is 5.75. The SMILES string of the molecule is O=CCC1CCC2C3CCC(C3CCO)C12. The van der Waals surface area contributed by atoms with Crippen LogP contribution in [-0.4, -0.2) is 18.0 Å². The van der Waals surface area contributed by atoms with E-state index in [1.165, 1.54) is 25.7 Å². The normalized spacial score (nSPS) is 49.6. The third kappa shape index (κ3) is 1.38. The van der Waals surface area contributed by atoms with Crippen molar-refractivity contribution >= 4 is 6.29 Å². The first-order chi connectivity index (χ1) is 7.86. The Labute approximate surface area is 97.4 Å². The van der Waals surface area contributed by atoms with Gasteiger partial charge < -0.3 is 9.90 Å². The van der Waals surface area contributed by atoms with Crippen molar-refractivity contribution < 1.29 is 9.90 Å². The molecule has 3 rings (SSSR count). The summed E-state index contributed by atoms with van der Waals surface area (Å²) in [5, 5.41) is 9.17. The zero-order chi connectivity index (χ0) is 11.1. The van der Waals surface area contributed by atoms with Crippen molar-refractivity contribution in [3.05, 3.63) is 0 Å². The quantitative estimate of drug-likeness (QED) is 0.741. The number of aldehydes is 1. The van der Waals surface area contributed by atoms with Crippen LogP contribution in [0.1, 0.15) is 38.5 Å². The van der Waals surface area contributed by atoms with Gasteiger partial charge in [0.1, 0.15) is 6.29 Å². The van der Waals surface area contributed by atoms with Crippen LogP contribution in [-0.2, 0) is 4.79 Å². The fourth-order valence-corrected chi connectivity index (χ4v) is 5.42. The first kappa shape index (κ1) is 10.8. The van der Waals surface area contributed by atoms with Gasteiger partial charge in [-0.3, -0.25) is 0 Å². The van der Waals surface area contributed by atoms with Crippen LogP contribution in [0.5, 0.6) is 0 Å². The van der Waals surface area contributed by atoms with E-state index in [0.29, 0.717) is 12.5 Å². The number of carbonyl (C=O) groups is 1. The van der Waals surface area contributed by atoms with Gasteiger partial charge in [-0.15, -0.1) is 0 Å². The van der Waals surface area contributed by atoms with Crippen molar-refractivity contribution in [3.63, 3.8) is 0 Å². The topological polar surface area (TPSA) is 37.3 Å². The average molecular weight is 222 g/mol. The van der Waals surface area contributed by atoms with Gasteiger partial charge in [-0.05, 0) is 67.6 Å². The van der Waals surface area contributed by atoms with Crippen LogP contribution < -0.4 is 0 Å². The Morgan fingerprint density at radius 1 is 1.06 bits per heavy atom. The van der Waals surface area contributed by atoms with Gasteiger partial charge >= 0.3 is 0 Å². The van der Waals surface area contributed by atoms with Crippen LogP contribution in [0.15, 0.2) is 0 Å². The van der Waals surface area contributed by atoms with Gasteiger partial charge in [0.25, 0.3) is 0 Å². The molecule has 16 heavy (non-hydrogen) atoms. The lowest BCUT2D eigenvalue weighted by molar-refractivity contribution is -0.109. The molecule has 90 valence electrons. The minimum atomic E-state index is 0.357. The molecular weight excluding hydrogens is 200 g/mol. The van der Waals surface area contributed by atoms with Gasteiger partial charge in [0.15, 0.2) is 0 Å². The molecule has 2 bridgehead atoms. The Morgan fingerprint density at radius 2 is 1.81 bits per heavy atom. The minimum absolute atomic E-state index is 0.357. The summed E-state index contributed by atoms with van der Waals surface area (Å²) in [6.45, 7) is 0.357. The molecule has 2 nitrogen and oxygen atoms in total. The highest BCUT2D eigenvalue weighted by Crippen LogP contribution is 2.64. The Morgan fingerprint density at radius 3 is 2.56 bits per heavy atom. The van der Waals surface area contributed by atoms with Crippen LogP contribution in [0.25, 0.3) is 0 Å². The van der Waals surface area contributed by atoms with Crippen molar-refractivity contribution in [1.29, 1.82) is 0 Å². The summed E-state index contributed by atoms with van der Waals surface area (Å²) in [7, 11) is 0. The lowest BCUT2D eigenvalue weighted by Gasteiger charge is -2.28. The average Bonchev–Trinajstić information content (AvgIpc) is 2.92. The molecule has 0 aliphatic heterocycles. The number of hydrogen-bond donors (Lipinski definition) is 1. The number of hydrogen-bond acceptors (Lipinski definition) is 2. The van der Waals surface area contributed by atoms with E-state index in [-0.39, 0.29) is 0 Å². The van der Waals surface area contributed by atoms with E-state index in [9.17, 15) is 4.79 Å². The summed E-state index contributed by atoms with van der Waals surface area (Å²) < 4.78 is 0. The molecule has 2 heteroatoms. The van der Waals surface area contributed by atoms with E-state index in [4.69, 9.17) is 5.11 Å². The fraction of sp³-hybridized carbons (Fsp3) is 0.929. The number of rotatable bonds is 4. The van der Waals surface area contributed by atoms with Crippen LogP contribution >= 0.6 is 0 Å². The van der Waals surface area contributed by atoms with Gasteiger partial charge in [0, 0.05) is 13.0 Å². The molecule has 3 aliphatic carbocycles. The Bertz CT molecular complexity index is 276. The maximum absolute atomic E-state index is 10.7. The monoisotopic (exact) mass is 222 g/mol. The van der Waals surface area contributed by atoms with Crippen LogP contribution in [0.4, 0.5) is 0 Å². The zero-order valence-corrected chi connectivity index (χ0v) is 9.85. The molecule has 3 saturated carbocycles. The molecule has 1 N–H and O–H groups in total. The van der Waals surface area contributed by atoms with Crippen LogP contribution in [0.3, 0.4) is 0 Å².